The van der Waals surface area contributed by atoms with Crippen molar-refractivity contribution in [1.29, 1.82) is 0 Å². The molecule has 84 valence electrons. The van der Waals surface area contributed by atoms with Crippen molar-refractivity contribution >= 4 is 17.3 Å². The van der Waals surface area contributed by atoms with Crippen LogP contribution in [-0.4, -0.2) is 37.6 Å². The van der Waals surface area contributed by atoms with Crippen molar-refractivity contribution in [3.63, 3.8) is 0 Å². The molecule has 1 aliphatic rings. The summed E-state index contributed by atoms with van der Waals surface area (Å²) in [6.45, 7) is 4.75. The minimum absolute atomic E-state index is 0.746. The normalized spacial score (nSPS) is 17.1. The maximum atomic E-state index is 6.17. The van der Waals surface area contributed by atoms with E-state index in [1.54, 1.807) is 0 Å². The fraction of sp³-hybridized carbons (Fsp3) is 0.385. The molecule has 16 heavy (non-hydrogen) atoms. The largest absolute Gasteiger partial charge is 0.368 e. The number of para-hydroxylation sites is 1. The minimum Gasteiger partial charge on any atom is -0.368 e. The van der Waals surface area contributed by atoms with E-state index in [-0.39, 0.29) is 0 Å². The molecule has 3 heteroatoms. The topological polar surface area (TPSA) is 6.48 Å². The highest BCUT2D eigenvalue weighted by atomic mass is 35.5. The average molecular weight is 235 g/mol. The predicted molar refractivity (Wildman–Crippen MR) is 68.9 cm³/mol. The summed E-state index contributed by atoms with van der Waals surface area (Å²) in [6.07, 6.45) is 5.30. The third-order valence-corrected chi connectivity index (χ3v) is 3.20. The maximum absolute atomic E-state index is 6.17. The molecule has 1 fully saturated rings. The van der Waals surface area contributed by atoms with Crippen molar-refractivity contribution in [3.8, 4) is 12.3 Å². The van der Waals surface area contributed by atoms with Gasteiger partial charge in [-0.25, -0.2) is 0 Å². The molecule has 0 radical (unpaired) electrons. The van der Waals surface area contributed by atoms with Gasteiger partial charge in [0.15, 0.2) is 0 Å². The molecule has 0 spiro atoms. The summed E-state index contributed by atoms with van der Waals surface area (Å²) in [6, 6.07) is 7.99. The van der Waals surface area contributed by atoms with Crippen LogP contribution in [0.3, 0.4) is 0 Å². The van der Waals surface area contributed by atoms with Crippen LogP contribution in [0.5, 0.6) is 0 Å². The number of piperazine rings is 1. The van der Waals surface area contributed by atoms with Crippen LogP contribution in [0.2, 0.25) is 5.02 Å². The molecule has 0 saturated carbocycles. The van der Waals surface area contributed by atoms with E-state index in [0.29, 0.717) is 0 Å². The number of hydrogen-bond donors (Lipinski definition) is 0. The van der Waals surface area contributed by atoms with E-state index in [4.69, 9.17) is 18.0 Å². The van der Waals surface area contributed by atoms with Gasteiger partial charge in [-0.1, -0.05) is 29.7 Å². The van der Waals surface area contributed by atoms with Crippen molar-refractivity contribution in [3.05, 3.63) is 29.3 Å². The van der Waals surface area contributed by atoms with Gasteiger partial charge >= 0.3 is 0 Å². The Balaban J connectivity index is 2.00. The van der Waals surface area contributed by atoms with E-state index in [2.05, 4.69) is 21.8 Å². The van der Waals surface area contributed by atoms with Crippen molar-refractivity contribution in [2.45, 2.75) is 0 Å². The Morgan fingerprint density at radius 1 is 1.19 bits per heavy atom. The molecule has 1 saturated heterocycles. The Morgan fingerprint density at radius 3 is 2.50 bits per heavy atom. The minimum atomic E-state index is 0.746. The first kappa shape index (κ1) is 11.3. The lowest BCUT2D eigenvalue weighted by molar-refractivity contribution is 0.288. The molecule has 0 N–H and O–H groups in total. The molecule has 2 nitrogen and oxygen atoms in total. The van der Waals surface area contributed by atoms with Crippen LogP contribution in [0.1, 0.15) is 0 Å². The molecule has 0 amide bonds. The van der Waals surface area contributed by atoms with Gasteiger partial charge in [0, 0.05) is 26.2 Å². The summed E-state index contributed by atoms with van der Waals surface area (Å²) in [5.41, 5.74) is 1.13. The maximum Gasteiger partial charge on any atom is 0.0639 e. The van der Waals surface area contributed by atoms with Crippen LogP contribution in [0.15, 0.2) is 24.3 Å². The number of terminal acetylenes is 1. The summed E-state index contributed by atoms with van der Waals surface area (Å²) >= 11 is 6.17. The standard InChI is InChI=1S/C13H15ClN2/c1-2-7-15-8-10-16(11-9-15)13-6-4-3-5-12(13)14/h1,3-6H,7-11H2. The zero-order valence-corrected chi connectivity index (χ0v) is 9.95. The number of hydrogen-bond acceptors (Lipinski definition) is 2. The lowest BCUT2D eigenvalue weighted by Crippen LogP contribution is -2.46. The second-order valence-corrected chi connectivity index (χ2v) is 4.33. The lowest BCUT2D eigenvalue weighted by atomic mass is 10.2. The summed E-state index contributed by atoms with van der Waals surface area (Å²) in [4.78, 5) is 4.60. The zero-order chi connectivity index (χ0) is 11.4. The average Bonchev–Trinajstić information content (AvgIpc) is 2.31. The highest BCUT2D eigenvalue weighted by Crippen LogP contribution is 2.25. The second kappa shape index (κ2) is 5.25. The molecule has 0 unspecified atom stereocenters. The summed E-state index contributed by atoms with van der Waals surface area (Å²) in [5, 5.41) is 0.827. The third-order valence-electron chi connectivity index (χ3n) is 2.88. The molecule has 0 bridgehead atoms. The van der Waals surface area contributed by atoms with E-state index in [1.807, 2.05) is 18.2 Å². The molecular weight excluding hydrogens is 220 g/mol. The highest BCUT2D eigenvalue weighted by molar-refractivity contribution is 6.33. The van der Waals surface area contributed by atoms with Gasteiger partial charge in [-0.3, -0.25) is 4.90 Å². The van der Waals surface area contributed by atoms with E-state index < -0.39 is 0 Å². The van der Waals surface area contributed by atoms with Crippen LogP contribution in [0.4, 0.5) is 5.69 Å². The van der Waals surface area contributed by atoms with Gasteiger partial charge in [-0.15, -0.1) is 6.42 Å². The molecule has 0 aromatic heterocycles. The SMILES string of the molecule is C#CCN1CCN(c2ccccc2Cl)CC1. The third kappa shape index (κ3) is 2.49. The number of nitrogens with zero attached hydrogens (tertiary/aromatic N) is 2. The Bertz CT molecular complexity index is 389. The van der Waals surface area contributed by atoms with Crippen molar-refractivity contribution < 1.29 is 0 Å². The molecule has 1 heterocycles. The van der Waals surface area contributed by atoms with Crippen LogP contribution in [0, 0.1) is 12.3 Å². The molecule has 1 aromatic rings. The second-order valence-electron chi connectivity index (χ2n) is 3.92. The van der Waals surface area contributed by atoms with E-state index in [0.717, 1.165) is 43.4 Å². The summed E-state index contributed by atoms with van der Waals surface area (Å²) in [5.74, 6) is 2.68. The Labute approximate surface area is 102 Å². The van der Waals surface area contributed by atoms with Crippen LogP contribution < -0.4 is 4.90 Å². The first-order valence-electron chi connectivity index (χ1n) is 5.46. The molecule has 1 aliphatic heterocycles. The van der Waals surface area contributed by atoms with Crippen LogP contribution >= 0.6 is 11.6 Å². The number of halogens is 1. The van der Waals surface area contributed by atoms with Crippen LogP contribution in [-0.2, 0) is 0 Å². The van der Waals surface area contributed by atoms with E-state index >= 15 is 0 Å². The van der Waals surface area contributed by atoms with Gasteiger partial charge < -0.3 is 4.90 Å². The number of anilines is 1. The zero-order valence-electron chi connectivity index (χ0n) is 9.19. The Hall–Kier alpha value is -1.17. The molecule has 2 rings (SSSR count). The van der Waals surface area contributed by atoms with Crippen molar-refractivity contribution in [1.82, 2.24) is 4.90 Å². The van der Waals surface area contributed by atoms with Crippen molar-refractivity contribution in [2.24, 2.45) is 0 Å². The summed E-state index contributed by atoms with van der Waals surface area (Å²) < 4.78 is 0. The van der Waals surface area contributed by atoms with Gasteiger partial charge in [0.05, 0.1) is 17.3 Å². The van der Waals surface area contributed by atoms with Gasteiger partial charge in [0.25, 0.3) is 0 Å². The quantitative estimate of drug-likeness (QED) is 0.724. The number of benzene rings is 1. The lowest BCUT2D eigenvalue weighted by Gasteiger charge is -2.35. The Morgan fingerprint density at radius 2 is 1.88 bits per heavy atom. The van der Waals surface area contributed by atoms with E-state index in [9.17, 15) is 0 Å². The van der Waals surface area contributed by atoms with E-state index in [1.165, 1.54) is 0 Å². The first-order valence-corrected chi connectivity index (χ1v) is 5.84. The monoisotopic (exact) mass is 234 g/mol. The van der Waals surface area contributed by atoms with Crippen LogP contribution in [0.25, 0.3) is 0 Å². The van der Waals surface area contributed by atoms with Gasteiger partial charge in [0.1, 0.15) is 0 Å². The fourth-order valence-electron chi connectivity index (χ4n) is 1.98. The highest BCUT2D eigenvalue weighted by Gasteiger charge is 2.17. The van der Waals surface area contributed by atoms with Gasteiger partial charge in [-0.05, 0) is 12.1 Å². The molecule has 0 aliphatic carbocycles. The number of rotatable bonds is 2. The first-order chi connectivity index (χ1) is 7.81. The molecular formula is C13H15ClN2. The smallest absolute Gasteiger partial charge is 0.0639 e. The Kier molecular flexibility index (Phi) is 3.71. The predicted octanol–water partition coefficient (Wildman–Crippen LogP) is 2.10. The summed E-state index contributed by atoms with van der Waals surface area (Å²) in [7, 11) is 0. The van der Waals surface area contributed by atoms with Gasteiger partial charge in [-0.2, -0.15) is 0 Å². The van der Waals surface area contributed by atoms with Gasteiger partial charge in [0.2, 0.25) is 0 Å². The fourth-order valence-corrected chi connectivity index (χ4v) is 2.24. The molecule has 1 aromatic carbocycles. The molecule has 0 atom stereocenters. The van der Waals surface area contributed by atoms with Crippen molar-refractivity contribution in [2.75, 3.05) is 37.6 Å².